The Kier molecular flexibility index (Phi) is 8.06. The number of carbonyl (C=O) groups is 2. The Bertz CT molecular complexity index is 2030. The number of amides is 2. The maximum absolute atomic E-state index is 13.1. The van der Waals surface area contributed by atoms with Crippen LogP contribution in [0.3, 0.4) is 0 Å². The van der Waals surface area contributed by atoms with Gasteiger partial charge in [0.15, 0.2) is 0 Å². The van der Waals surface area contributed by atoms with E-state index in [-0.39, 0.29) is 17.6 Å². The predicted octanol–water partition coefficient (Wildman–Crippen LogP) is 7.02. The van der Waals surface area contributed by atoms with E-state index in [0.717, 1.165) is 51.8 Å². The Morgan fingerprint density at radius 2 is 1.56 bits per heavy atom. The molecular formula is C39H44N6O5. The number of nitrogens with zero attached hydrogens (tertiary/aromatic N) is 4. The third-order valence-corrected chi connectivity index (χ3v) is 9.39. The number of aromatic amines is 2. The topological polar surface area (TPSA) is 137 Å². The molecule has 3 aliphatic rings. The summed E-state index contributed by atoms with van der Waals surface area (Å²) >= 11 is 0. The number of likely N-dealkylation sites (tertiary alicyclic amines) is 2. The Labute approximate surface area is 292 Å². The van der Waals surface area contributed by atoms with Crippen LogP contribution < -0.4 is 0 Å². The molecule has 7 rings (SSSR count). The normalized spacial score (nSPS) is 21.4. The van der Waals surface area contributed by atoms with E-state index in [1.54, 1.807) is 16.0 Å². The van der Waals surface area contributed by atoms with Crippen LogP contribution in [0.2, 0.25) is 0 Å². The van der Waals surface area contributed by atoms with Gasteiger partial charge in [-0.1, -0.05) is 36.1 Å². The largest absolute Gasteiger partial charge is 0.444 e. The highest BCUT2D eigenvalue weighted by atomic mass is 16.6. The SMILES string of the molecule is C=C1C[C@@H](c2ncc(-c3ccc(C#Cc4ccc5nc([C@@H]6[C@H](O)C7(CC7)CN6C(=O)OC(C)(C)C)[nH]c5c4)cc3)[nH]2)N(C(=O)OC(C)(C)C)C1. The first-order valence-electron chi connectivity index (χ1n) is 17.1. The molecule has 0 radical (unpaired) electrons. The van der Waals surface area contributed by atoms with Gasteiger partial charge in [-0.15, -0.1) is 0 Å². The molecule has 3 atom stereocenters. The highest BCUT2D eigenvalue weighted by Gasteiger charge is 2.62. The van der Waals surface area contributed by atoms with Crippen molar-refractivity contribution in [2.24, 2.45) is 5.41 Å². The van der Waals surface area contributed by atoms with Gasteiger partial charge in [0.2, 0.25) is 0 Å². The third-order valence-electron chi connectivity index (χ3n) is 9.39. The lowest BCUT2D eigenvalue weighted by atomic mass is 9.99. The number of fused-ring (bicyclic) bond motifs is 1. The number of imidazole rings is 2. The number of carbonyl (C=O) groups excluding carboxylic acids is 2. The van der Waals surface area contributed by atoms with Crippen molar-refractivity contribution in [1.29, 1.82) is 0 Å². The highest BCUT2D eigenvalue weighted by Crippen LogP contribution is 2.58. The van der Waals surface area contributed by atoms with E-state index in [1.165, 1.54) is 0 Å². The number of hydrogen-bond donors (Lipinski definition) is 3. The van der Waals surface area contributed by atoms with E-state index >= 15 is 0 Å². The molecule has 4 heterocycles. The minimum Gasteiger partial charge on any atom is -0.444 e. The van der Waals surface area contributed by atoms with Crippen molar-refractivity contribution in [1.82, 2.24) is 29.7 Å². The second kappa shape index (κ2) is 12.1. The smallest absolute Gasteiger partial charge is 0.411 e. The van der Waals surface area contributed by atoms with Crippen LogP contribution in [0.1, 0.15) is 95.7 Å². The van der Waals surface area contributed by atoms with Crippen LogP contribution in [0.25, 0.3) is 22.3 Å². The Morgan fingerprint density at radius 1 is 0.920 bits per heavy atom. The molecule has 1 saturated carbocycles. The first kappa shape index (κ1) is 33.4. The zero-order valence-electron chi connectivity index (χ0n) is 29.5. The fraction of sp³-hybridized carbons (Fsp3) is 0.436. The Morgan fingerprint density at radius 3 is 2.22 bits per heavy atom. The zero-order chi connectivity index (χ0) is 35.6. The molecule has 2 amide bonds. The van der Waals surface area contributed by atoms with Crippen LogP contribution in [-0.4, -0.2) is 77.4 Å². The molecule has 2 aromatic heterocycles. The summed E-state index contributed by atoms with van der Waals surface area (Å²) in [5.41, 5.74) is 4.38. The van der Waals surface area contributed by atoms with Crippen molar-refractivity contribution < 1.29 is 24.2 Å². The molecule has 2 saturated heterocycles. The first-order valence-corrected chi connectivity index (χ1v) is 17.1. The number of ether oxygens (including phenoxy) is 2. The number of benzene rings is 2. The molecule has 50 heavy (non-hydrogen) atoms. The predicted molar refractivity (Wildman–Crippen MR) is 189 cm³/mol. The Hall–Kier alpha value is -5.08. The second-order valence-corrected chi connectivity index (χ2v) is 15.8. The molecule has 2 aromatic carbocycles. The summed E-state index contributed by atoms with van der Waals surface area (Å²) in [6.07, 6.45) is 2.61. The molecule has 3 fully saturated rings. The van der Waals surface area contributed by atoms with Crippen molar-refractivity contribution in [3.63, 3.8) is 0 Å². The van der Waals surface area contributed by atoms with Crippen molar-refractivity contribution in [2.75, 3.05) is 13.1 Å². The average molecular weight is 677 g/mol. The average Bonchev–Trinajstić information content (AvgIpc) is 3.36. The van der Waals surface area contributed by atoms with Gasteiger partial charge in [0.05, 0.1) is 35.1 Å². The fourth-order valence-corrected chi connectivity index (χ4v) is 6.78. The molecule has 2 aliphatic heterocycles. The summed E-state index contributed by atoms with van der Waals surface area (Å²) in [6, 6.07) is 12.8. The molecular weight excluding hydrogens is 632 g/mol. The lowest BCUT2D eigenvalue weighted by Crippen LogP contribution is -2.38. The molecule has 4 aromatic rings. The number of rotatable bonds is 3. The van der Waals surface area contributed by atoms with Gasteiger partial charge in [-0.25, -0.2) is 19.6 Å². The number of aromatic nitrogens is 4. The van der Waals surface area contributed by atoms with E-state index in [4.69, 9.17) is 14.5 Å². The summed E-state index contributed by atoms with van der Waals surface area (Å²) in [5, 5.41) is 11.3. The van der Waals surface area contributed by atoms with Gasteiger partial charge in [-0.2, -0.15) is 0 Å². The lowest BCUT2D eigenvalue weighted by Gasteiger charge is -2.28. The molecule has 1 aliphatic carbocycles. The third kappa shape index (κ3) is 6.72. The highest BCUT2D eigenvalue weighted by molar-refractivity contribution is 5.78. The summed E-state index contributed by atoms with van der Waals surface area (Å²) in [7, 11) is 0. The molecule has 11 heteroatoms. The van der Waals surface area contributed by atoms with Gasteiger partial charge < -0.3 is 24.5 Å². The molecule has 1 spiro atoms. The van der Waals surface area contributed by atoms with Gasteiger partial charge in [0.1, 0.15) is 28.9 Å². The minimum atomic E-state index is -0.721. The van der Waals surface area contributed by atoms with Gasteiger partial charge >= 0.3 is 12.2 Å². The van der Waals surface area contributed by atoms with Gasteiger partial charge in [-0.3, -0.25) is 9.80 Å². The molecule has 0 unspecified atom stereocenters. The minimum absolute atomic E-state index is 0.262. The number of aliphatic hydroxyl groups excluding tert-OH is 1. The number of aliphatic hydroxyl groups is 1. The molecule has 11 nitrogen and oxygen atoms in total. The zero-order valence-corrected chi connectivity index (χ0v) is 29.5. The van der Waals surface area contributed by atoms with Crippen molar-refractivity contribution in [3.05, 3.63) is 83.6 Å². The van der Waals surface area contributed by atoms with Crippen LogP contribution in [0, 0.1) is 17.3 Å². The summed E-state index contributed by atoms with van der Waals surface area (Å²) in [5.74, 6) is 7.72. The van der Waals surface area contributed by atoms with Crippen molar-refractivity contribution in [3.8, 4) is 23.1 Å². The maximum Gasteiger partial charge on any atom is 0.411 e. The van der Waals surface area contributed by atoms with Crippen LogP contribution in [-0.2, 0) is 9.47 Å². The van der Waals surface area contributed by atoms with Gasteiger partial charge in [0, 0.05) is 29.6 Å². The maximum atomic E-state index is 13.1. The standard InChI is InChI=1S/C39H44N6O5/c1-23-18-30(44(21-23)35(47)49-37(2,3)4)33-40-20-29(43-33)26-13-10-24(11-14-26)8-9-25-12-15-27-28(19-25)42-34(41-27)31-32(46)39(16-17-39)22-45(31)36(48)50-38(5,6)7/h10-15,19-20,30-32,46H,1,16-18,21-22H2,2-7H3,(H,40,43)(H,41,42)/t30-,31-,32-/m0/s1. The Balaban J connectivity index is 1.05. The van der Waals surface area contributed by atoms with E-state index in [9.17, 15) is 14.7 Å². The summed E-state index contributed by atoms with van der Waals surface area (Å²) in [6.45, 7) is 16.1. The van der Waals surface area contributed by atoms with Gasteiger partial charge in [0.25, 0.3) is 0 Å². The molecule has 0 bridgehead atoms. The van der Waals surface area contributed by atoms with Crippen LogP contribution >= 0.6 is 0 Å². The second-order valence-electron chi connectivity index (χ2n) is 15.8. The quantitative estimate of drug-likeness (QED) is 0.157. The van der Waals surface area contributed by atoms with E-state index in [0.29, 0.717) is 31.2 Å². The van der Waals surface area contributed by atoms with E-state index in [1.807, 2.05) is 84.0 Å². The van der Waals surface area contributed by atoms with Crippen molar-refractivity contribution >= 4 is 23.2 Å². The molecule has 260 valence electrons. The van der Waals surface area contributed by atoms with E-state index in [2.05, 4.69) is 33.4 Å². The fourth-order valence-electron chi connectivity index (χ4n) is 6.78. The monoisotopic (exact) mass is 676 g/mol. The van der Waals surface area contributed by atoms with E-state index < -0.39 is 29.4 Å². The number of hydrogen-bond acceptors (Lipinski definition) is 7. The first-order chi connectivity index (χ1) is 23.6. The molecule has 3 N–H and O–H groups in total. The van der Waals surface area contributed by atoms with Crippen LogP contribution in [0.4, 0.5) is 9.59 Å². The summed E-state index contributed by atoms with van der Waals surface area (Å²) < 4.78 is 11.3. The lowest BCUT2D eigenvalue weighted by molar-refractivity contribution is 0.0136. The van der Waals surface area contributed by atoms with Gasteiger partial charge in [-0.05, 0) is 96.7 Å². The number of H-pyrrole nitrogens is 2. The summed E-state index contributed by atoms with van der Waals surface area (Å²) in [4.78, 5) is 45.4. The number of nitrogens with one attached hydrogen (secondary N) is 2. The van der Waals surface area contributed by atoms with Crippen molar-refractivity contribution in [2.45, 2.75) is 90.2 Å². The van der Waals surface area contributed by atoms with Crippen LogP contribution in [0.5, 0.6) is 0 Å². The van der Waals surface area contributed by atoms with Crippen LogP contribution in [0.15, 0.2) is 60.8 Å².